The maximum Gasteiger partial charge on any atom is 0.0774 e. The highest BCUT2D eigenvalue weighted by atomic mass is 16.3. The van der Waals surface area contributed by atoms with Crippen molar-refractivity contribution in [2.24, 2.45) is 0 Å². The highest BCUT2D eigenvalue weighted by Crippen LogP contribution is 2.30. The first-order valence-electron chi connectivity index (χ1n) is 5.65. The summed E-state index contributed by atoms with van der Waals surface area (Å²) in [6, 6.07) is 8.34. The average molecular weight is 216 g/mol. The summed E-state index contributed by atoms with van der Waals surface area (Å²) in [5.41, 5.74) is 2.43. The van der Waals surface area contributed by atoms with Gasteiger partial charge in [-0.3, -0.25) is 0 Å². The van der Waals surface area contributed by atoms with E-state index in [1.165, 1.54) is 17.0 Å². The van der Waals surface area contributed by atoms with E-state index in [9.17, 15) is 5.11 Å². The molecule has 1 aromatic rings. The van der Waals surface area contributed by atoms with E-state index in [0.717, 1.165) is 6.54 Å². The van der Waals surface area contributed by atoms with Gasteiger partial charge in [0.2, 0.25) is 0 Å². The van der Waals surface area contributed by atoms with Crippen LogP contribution in [0, 0.1) is 5.92 Å². The highest BCUT2D eigenvalue weighted by molar-refractivity contribution is 5.57. The van der Waals surface area contributed by atoms with Crippen LogP contribution in [0.1, 0.15) is 31.0 Å². The Labute approximate surface area is 97.2 Å². The van der Waals surface area contributed by atoms with Crippen LogP contribution in [-0.4, -0.2) is 23.2 Å². The van der Waals surface area contributed by atoms with Crippen molar-refractivity contribution in [3.63, 3.8) is 0 Å². The first-order chi connectivity index (χ1) is 7.72. The second-order valence-corrected chi connectivity index (χ2v) is 4.52. The molecule has 2 heteroatoms. The molecule has 1 N–H and O–H groups in total. The Morgan fingerprint density at radius 3 is 2.75 bits per heavy atom. The maximum atomic E-state index is 9.54. The molecule has 2 nitrogen and oxygen atoms in total. The summed E-state index contributed by atoms with van der Waals surface area (Å²) in [6.07, 6.45) is 4.20. The minimum atomic E-state index is 0.0936. The minimum Gasteiger partial charge on any atom is -0.394 e. The van der Waals surface area contributed by atoms with Crippen molar-refractivity contribution in [3.05, 3.63) is 47.5 Å². The third kappa shape index (κ3) is 2.12. The van der Waals surface area contributed by atoms with Crippen molar-refractivity contribution in [1.82, 2.24) is 4.90 Å². The summed E-state index contributed by atoms with van der Waals surface area (Å²) < 4.78 is 0. The van der Waals surface area contributed by atoms with Gasteiger partial charge in [-0.05, 0) is 23.1 Å². The van der Waals surface area contributed by atoms with E-state index < -0.39 is 0 Å². The predicted molar refractivity (Wildman–Crippen MR) is 66.6 cm³/mol. The number of benzene rings is 1. The molecule has 1 aliphatic rings. The van der Waals surface area contributed by atoms with Crippen LogP contribution in [-0.2, 0) is 0 Å². The van der Waals surface area contributed by atoms with E-state index in [1.807, 2.05) is 12.1 Å². The Balaban J connectivity index is 2.29. The summed E-state index contributed by atoms with van der Waals surface area (Å²) in [4.78, 5) is 2.19. The lowest BCUT2D eigenvalue weighted by Crippen LogP contribution is -2.31. The zero-order valence-electron chi connectivity index (χ0n) is 9.85. The molecule has 0 fully saturated rings. The highest BCUT2D eigenvalue weighted by Gasteiger charge is 2.22. The molecule has 1 atom stereocenters. The normalized spacial score (nSPS) is 19.0. The SMILES string of the molecule is C[C](C)CN1C=Cc2ccccc2C1CO. The Kier molecular flexibility index (Phi) is 3.30. The Morgan fingerprint density at radius 1 is 1.31 bits per heavy atom. The Bertz CT molecular complexity index is 384. The molecule has 1 radical (unpaired) electrons. The van der Waals surface area contributed by atoms with Gasteiger partial charge in [0.1, 0.15) is 0 Å². The molecule has 2 rings (SSSR count). The Morgan fingerprint density at radius 2 is 2.06 bits per heavy atom. The maximum absolute atomic E-state index is 9.54. The van der Waals surface area contributed by atoms with Gasteiger partial charge < -0.3 is 10.0 Å². The zero-order valence-corrected chi connectivity index (χ0v) is 9.85. The minimum absolute atomic E-state index is 0.0936. The van der Waals surface area contributed by atoms with Crippen LogP contribution in [0.15, 0.2) is 30.5 Å². The van der Waals surface area contributed by atoms with Gasteiger partial charge in [0, 0.05) is 12.7 Å². The summed E-state index contributed by atoms with van der Waals surface area (Å²) >= 11 is 0. The summed E-state index contributed by atoms with van der Waals surface area (Å²) in [5, 5.41) is 9.54. The van der Waals surface area contributed by atoms with E-state index in [2.05, 4.69) is 43.2 Å². The topological polar surface area (TPSA) is 23.5 Å². The van der Waals surface area contributed by atoms with Gasteiger partial charge >= 0.3 is 0 Å². The number of nitrogens with zero attached hydrogens (tertiary/aromatic N) is 1. The number of fused-ring (bicyclic) bond motifs is 1. The lowest BCUT2D eigenvalue weighted by atomic mass is 9.96. The number of aliphatic hydroxyl groups is 1. The second kappa shape index (κ2) is 4.71. The van der Waals surface area contributed by atoms with Crippen molar-refractivity contribution in [2.45, 2.75) is 19.9 Å². The molecule has 0 bridgehead atoms. The quantitative estimate of drug-likeness (QED) is 0.839. The number of rotatable bonds is 3. The van der Waals surface area contributed by atoms with E-state index in [-0.39, 0.29) is 12.6 Å². The molecule has 1 heterocycles. The molecule has 85 valence electrons. The molecule has 0 saturated carbocycles. The molecule has 16 heavy (non-hydrogen) atoms. The second-order valence-electron chi connectivity index (χ2n) is 4.52. The largest absolute Gasteiger partial charge is 0.394 e. The van der Waals surface area contributed by atoms with E-state index in [4.69, 9.17) is 0 Å². The van der Waals surface area contributed by atoms with Crippen LogP contribution in [0.3, 0.4) is 0 Å². The van der Waals surface area contributed by atoms with E-state index in [0.29, 0.717) is 0 Å². The fourth-order valence-corrected chi connectivity index (χ4v) is 2.16. The lowest BCUT2D eigenvalue weighted by Gasteiger charge is -2.34. The summed E-state index contributed by atoms with van der Waals surface area (Å²) in [6.45, 7) is 5.29. The third-order valence-electron chi connectivity index (χ3n) is 2.87. The first kappa shape index (κ1) is 11.2. The molecular formula is C14H18NO. The van der Waals surface area contributed by atoms with Crippen molar-refractivity contribution < 1.29 is 5.11 Å². The van der Waals surface area contributed by atoms with Crippen molar-refractivity contribution in [2.75, 3.05) is 13.2 Å². The monoisotopic (exact) mass is 216 g/mol. The van der Waals surface area contributed by atoms with E-state index in [1.54, 1.807) is 0 Å². The fourth-order valence-electron chi connectivity index (χ4n) is 2.16. The van der Waals surface area contributed by atoms with Crippen LogP contribution in [0.25, 0.3) is 6.08 Å². The van der Waals surface area contributed by atoms with Crippen LogP contribution >= 0.6 is 0 Å². The zero-order chi connectivity index (χ0) is 11.5. The number of aliphatic hydroxyl groups excluding tert-OH is 1. The van der Waals surface area contributed by atoms with Gasteiger partial charge in [0.15, 0.2) is 0 Å². The Hall–Kier alpha value is -1.28. The van der Waals surface area contributed by atoms with Gasteiger partial charge in [-0.2, -0.15) is 0 Å². The molecule has 1 aliphatic heterocycles. The van der Waals surface area contributed by atoms with Gasteiger partial charge in [-0.25, -0.2) is 0 Å². The molecule has 1 unspecified atom stereocenters. The van der Waals surface area contributed by atoms with Gasteiger partial charge in [-0.15, -0.1) is 0 Å². The van der Waals surface area contributed by atoms with Gasteiger partial charge in [-0.1, -0.05) is 38.1 Å². The van der Waals surface area contributed by atoms with Crippen LogP contribution < -0.4 is 0 Å². The molecule has 0 spiro atoms. The predicted octanol–water partition coefficient (Wildman–Crippen LogP) is 2.62. The number of hydrogen-bond donors (Lipinski definition) is 1. The summed E-state index contributed by atoms with van der Waals surface area (Å²) in [5.74, 6) is 1.35. The molecular weight excluding hydrogens is 198 g/mol. The average Bonchev–Trinajstić information content (AvgIpc) is 2.28. The van der Waals surface area contributed by atoms with Crippen LogP contribution in [0.5, 0.6) is 0 Å². The van der Waals surface area contributed by atoms with Crippen molar-refractivity contribution in [3.8, 4) is 0 Å². The van der Waals surface area contributed by atoms with Crippen LogP contribution in [0.4, 0.5) is 0 Å². The summed E-state index contributed by atoms with van der Waals surface area (Å²) in [7, 11) is 0. The van der Waals surface area contributed by atoms with Crippen molar-refractivity contribution >= 4 is 6.08 Å². The van der Waals surface area contributed by atoms with Crippen LogP contribution in [0.2, 0.25) is 0 Å². The van der Waals surface area contributed by atoms with E-state index >= 15 is 0 Å². The first-order valence-corrected chi connectivity index (χ1v) is 5.65. The number of hydrogen-bond acceptors (Lipinski definition) is 2. The molecule has 0 amide bonds. The van der Waals surface area contributed by atoms with Crippen molar-refractivity contribution in [1.29, 1.82) is 0 Å². The van der Waals surface area contributed by atoms with Gasteiger partial charge in [0.25, 0.3) is 0 Å². The van der Waals surface area contributed by atoms with Gasteiger partial charge in [0.05, 0.1) is 12.6 Å². The smallest absolute Gasteiger partial charge is 0.0774 e. The lowest BCUT2D eigenvalue weighted by molar-refractivity contribution is 0.167. The fraction of sp³-hybridized carbons (Fsp3) is 0.357. The standard InChI is InChI=1S/C14H18NO/c1-11(2)9-15-8-7-12-5-3-4-6-13(12)14(15)10-16/h3-8,14,16H,9-10H2,1-2H3. The molecule has 1 aromatic carbocycles. The molecule has 0 aromatic heterocycles. The molecule has 0 aliphatic carbocycles. The third-order valence-corrected chi connectivity index (χ3v) is 2.87. The molecule has 0 saturated heterocycles.